The molecule has 2 aliphatic heterocycles. The Hall–Kier alpha value is -0.160. The zero-order chi connectivity index (χ0) is 12.8. The van der Waals surface area contributed by atoms with Crippen LogP contribution in [0.4, 0.5) is 0 Å². The molecule has 0 bridgehead atoms. The number of hydrogen-bond donors (Lipinski definition) is 0. The Balaban J connectivity index is 1.53. The maximum atomic E-state index is 5.89. The van der Waals surface area contributed by atoms with Crippen LogP contribution in [0.3, 0.4) is 0 Å². The first kappa shape index (κ1) is 14.3. The monoisotopic (exact) mass is 258 g/mol. The number of ether oxygens (including phenoxy) is 4. The van der Waals surface area contributed by atoms with Crippen LogP contribution in [0.15, 0.2) is 0 Å². The molecule has 2 saturated heterocycles. The summed E-state index contributed by atoms with van der Waals surface area (Å²) in [6.07, 6.45) is 5.83. The lowest BCUT2D eigenvalue weighted by Crippen LogP contribution is -2.20. The average molecular weight is 258 g/mol. The van der Waals surface area contributed by atoms with E-state index in [1.807, 2.05) is 0 Å². The zero-order valence-corrected chi connectivity index (χ0v) is 11.6. The smallest absolute Gasteiger partial charge is 0.104 e. The van der Waals surface area contributed by atoms with Gasteiger partial charge in [-0.3, -0.25) is 0 Å². The molecule has 2 heterocycles. The SMILES string of the molecule is CCCC(CCC(C)OCC1CO1)OCC1CO1. The van der Waals surface area contributed by atoms with Crippen molar-refractivity contribution >= 4 is 0 Å². The van der Waals surface area contributed by atoms with Gasteiger partial charge in [0.25, 0.3) is 0 Å². The Morgan fingerprint density at radius 1 is 1.00 bits per heavy atom. The van der Waals surface area contributed by atoms with Gasteiger partial charge < -0.3 is 18.9 Å². The van der Waals surface area contributed by atoms with E-state index in [0.29, 0.717) is 24.4 Å². The Labute approximate surface area is 110 Å². The van der Waals surface area contributed by atoms with Crippen LogP contribution in [-0.2, 0) is 18.9 Å². The maximum Gasteiger partial charge on any atom is 0.104 e. The fraction of sp³-hybridized carbons (Fsp3) is 1.00. The number of hydrogen-bond acceptors (Lipinski definition) is 4. The summed E-state index contributed by atoms with van der Waals surface area (Å²) in [6, 6.07) is 0. The van der Waals surface area contributed by atoms with E-state index < -0.39 is 0 Å². The first-order valence-electron chi connectivity index (χ1n) is 7.24. The summed E-state index contributed by atoms with van der Waals surface area (Å²) >= 11 is 0. The quantitative estimate of drug-likeness (QED) is 0.533. The van der Waals surface area contributed by atoms with Crippen molar-refractivity contribution in [1.29, 1.82) is 0 Å². The van der Waals surface area contributed by atoms with Gasteiger partial charge in [-0.05, 0) is 26.2 Å². The van der Waals surface area contributed by atoms with Crippen LogP contribution in [0, 0.1) is 0 Å². The van der Waals surface area contributed by atoms with Crippen molar-refractivity contribution in [2.24, 2.45) is 0 Å². The van der Waals surface area contributed by atoms with Crippen LogP contribution in [0.2, 0.25) is 0 Å². The first-order chi connectivity index (χ1) is 8.78. The van der Waals surface area contributed by atoms with Gasteiger partial charge in [-0.2, -0.15) is 0 Å². The van der Waals surface area contributed by atoms with Gasteiger partial charge in [0.2, 0.25) is 0 Å². The van der Waals surface area contributed by atoms with Crippen molar-refractivity contribution in [3.63, 3.8) is 0 Å². The molecule has 4 unspecified atom stereocenters. The summed E-state index contributed by atoms with van der Waals surface area (Å²) in [5.41, 5.74) is 0. The predicted octanol–water partition coefficient (Wildman–Crippen LogP) is 2.15. The molecule has 0 amide bonds. The van der Waals surface area contributed by atoms with Crippen LogP contribution >= 0.6 is 0 Å². The normalized spacial score (nSPS) is 29.0. The van der Waals surface area contributed by atoms with Crippen molar-refractivity contribution in [3.05, 3.63) is 0 Å². The average Bonchev–Trinajstić information content (AvgIpc) is 3.24. The zero-order valence-electron chi connectivity index (χ0n) is 11.6. The standard InChI is InChI=1S/C14H26O4/c1-3-4-12(16-8-14-10-18-14)6-5-11(2)15-7-13-9-17-13/h11-14H,3-10H2,1-2H3. The van der Waals surface area contributed by atoms with Crippen molar-refractivity contribution < 1.29 is 18.9 Å². The second kappa shape index (κ2) is 7.43. The molecular formula is C14H26O4. The molecule has 0 aromatic rings. The summed E-state index contributed by atoms with van der Waals surface area (Å²) in [4.78, 5) is 0. The molecule has 0 saturated carbocycles. The Kier molecular flexibility index (Phi) is 5.89. The molecule has 2 fully saturated rings. The van der Waals surface area contributed by atoms with Crippen molar-refractivity contribution in [1.82, 2.24) is 0 Å². The third-order valence-electron chi connectivity index (χ3n) is 3.40. The van der Waals surface area contributed by atoms with Gasteiger partial charge in [-0.15, -0.1) is 0 Å². The van der Waals surface area contributed by atoms with E-state index in [1.54, 1.807) is 0 Å². The topological polar surface area (TPSA) is 43.5 Å². The Bertz CT molecular complexity index is 226. The lowest BCUT2D eigenvalue weighted by molar-refractivity contribution is 0.00618. The lowest BCUT2D eigenvalue weighted by Gasteiger charge is -2.19. The first-order valence-corrected chi connectivity index (χ1v) is 7.24. The Morgan fingerprint density at radius 2 is 1.61 bits per heavy atom. The van der Waals surface area contributed by atoms with Gasteiger partial charge in [0.05, 0.1) is 38.6 Å². The minimum atomic E-state index is 0.300. The van der Waals surface area contributed by atoms with Gasteiger partial charge in [0.1, 0.15) is 12.2 Å². The fourth-order valence-electron chi connectivity index (χ4n) is 1.98. The summed E-state index contributed by atoms with van der Waals surface area (Å²) < 4.78 is 21.9. The molecule has 0 radical (unpaired) electrons. The van der Waals surface area contributed by atoms with Crippen molar-refractivity contribution in [3.8, 4) is 0 Å². The van der Waals surface area contributed by atoms with E-state index in [-0.39, 0.29) is 0 Å². The van der Waals surface area contributed by atoms with E-state index in [9.17, 15) is 0 Å². The van der Waals surface area contributed by atoms with E-state index in [4.69, 9.17) is 18.9 Å². The minimum absolute atomic E-state index is 0.300. The van der Waals surface area contributed by atoms with E-state index in [0.717, 1.165) is 45.7 Å². The second-order valence-electron chi connectivity index (χ2n) is 5.38. The van der Waals surface area contributed by atoms with Crippen LogP contribution in [0.1, 0.15) is 39.5 Å². The van der Waals surface area contributed by atoms with E-state index >= 15 is 0 Å². The van der Waals surface area contributed by atoms with Crippen LogP contribution in [0.25, 0.3) is 0 Å². The molecular weight excluding hydrogens is 232 g/mol. The summed E-state index contributed by atoms with van der Waals surface area (Å²) in [6.45, 7) is 7.59. The molecule has 0 aliphatic carbocycles. The molecule has 4 nitrogen and oxygen atoms in total. The third kappa shape index (κ3) is 6.14. The van der Waals surface area contributed by atoms with E-state index in [2.05, 4.69) is 13.8 Å². The van der Waals surface area contributed by atoms with Crippen LogP contribution in [-0.4, -0.2) is 50.8 Å². The molecule has 106 valence electrons. The van der Waals surface area contributed by atoms with Crippen molar-refractivity contribution in [2.75, 3.05) is 26.4 Å². The van der Waals surface area contributed by atoms with Gasteiger partial charge in [0, 0.05) is 0 Å². The molecule has 0 aromatic heterocycles. The molecule has 2 rings (SSSR count). The Morgan fingerprint density at radius 3 is 2.17 bits per heavy atom. The van der Waals surface area contributed by atoms with Crippen molar-refractivity contribution in [2.45, 2.75) is 63.9 Å². The molecule has 0 aromatic carbocycles. The molecule has 4 heteroatoms. The highest BCUT2D eigenvalue weighted by atomic mass is 16.6. The highest BCUT2D eigenvalue weighted by Gasteiger charge is 2.25. The van der Waals surface area contributed by atoms with Gasteiger partial charge >= 0.3 is 0 Å². The largest absolute Gasteiger partial charge is 0.376 e. The number of rotatable bonds is 11. The maximum absolute atomic E-state index is 5.89. The highest BCUT2D eigenvalue weighted by molar-refractivity contribution is 4.71. The molecule has 4 atom stereocenters. The molecule has 0 spiro atoms. The lowest BCUT2D eigenvalue weighted by atomic mass is 10.1. The second-order valence-corrected chi connectivity index (χ2v) is 5.38. The summed E-state index contributed by atoms with van der Waals surface area (Å²) in [5.74, 6) is 0. The molecule has 0 N–H and O–H groups in total. The minimum Gasteiger partial charge on any atom is -0.376 e. The van der Waals surface area contributed by atoms with Gasteiger partial charge in [-0.25, -0.2) is 0 Å². The van der Waals surface area contributed by atoms with E-state index in [1.165, 1.54) is 6.42 Å². The highest BCUT2D eigenvalue weighted by Crippen LogP contribution is 2.17. The summed E-state index contributed by atoms with van der Waals surface area (Å²) in [7, 11) is 0. The van der Waals surface area contributed by atoms with Crippen LogP contribution in [0.5, 0.6) is 0 Å². The van der Waals surface area contributed by atoms with Gasteiger partial charge in [0.15, 0.2) is 0 Å². The molecule has 2 aliphatic rings. The predicted molar refractivity (Wildman–Crippen MR) is 68.8 cm³/mol. The molecule has 18 heavy (non-hydrogen) atoms. The number of epoxide rings is 2. The summed E-state index contributed by atoms with van der Waals surface area (Å²) in [5, 5.41) is 0. The third-order valence-corrected chi connectivity index (χ3v) is 3.40. The van der Waals surface area contributed by atoms with Gasteiger partial charge in [-0.1, -0.05) is 13.3 Å². The van der Waals surface area contributed by atoms with Crippen LogP contribution < -0.4 is 0 Å². The fourth-order valence-corrected chi connectivity index (χ4v) is 1.98.